The molecule has 0 saturated carbocycles. The number of anilines is 1. The van der Waals surface area contributed by atoms with E-state index in [0.29, 0.717) is 12.0 Å². The van der Waals surface area contributed by atoms with Gasteiger partial charge in [-0.1, -0.05) is 60.7 Å². The first kappa shape index (κ1) is 18.8. The zero-order chi connectivity index (χ0) is 20.1. The van der Waals surface area contributed by atoms with Gasteiger partial charge in [0.15, 0.2) is 0 Å². The Labute approximate surface area is 171 Å². The predicted octanol–water partition coefficient (Wildman–Crippen LogP) is 3.85. The predicted molar refractivity (Wildman–Crippen MR) is 114 cm³/mol. The van der Waals surface area contributed by atoms with Crippen LogP contribution in [0, 0.1) is 11.3 Å². The van der Waals surface area contributed by atoms with Crippen LogP contribution in [0.2, 0.25) is 0 Å². The van der Waals surface area contributed by atoms with Gasteiger partial charge in [0.1, 0.15) is 0 Å². The highest BCUT2D eigenvalue weighted by molar-refractivity contribution is 5.79. The molecule has 4 rings (SSSR count). The molecule has 0 fully saturated rings. The fourth-order valence-corrected chi connectivity index (χ4v) is 3.93. The first-order valence-electron chi connectivity index (χ1n) is 9.86. The monoisotopic (exact) mass is 381 g/mol. The lowest BCUT2D eigenvalue weighted by molar-refractivity contribution is -0.121. The molecule has 1 N–H and O–H groups in total. The van der Waals surface area contributed by atoms with E-state index in [1.165, 1.54) is 5.56 Å². The van der Waals surface area contributed by atoms with Gasteiger partial charge >= 0.3 is 0 Å². The summed E-state index contributed by atoms with van der Waals surface area (Å²) >= 11 is 0. The molecule has 1 amide bonds. The van der Waals surface area contributed by atoms with Gasteiger partial charge in [-0.05, 0) is 41.3 Å². The van der Waals surface area contributed by atoms with Crippen molar-refractivity contribution in [1.29, 1.82) is 5.26 Å². The Morgan fingerprint density at radius 1 is 1.00 bits per heavy atom. The van der Waals surface area contributed by atoms with Gasteiger partial charge in [0.05, 0.1) is 24.1 Å². The largest absolute Gasteiger partial charge is 0.365 e. The fraction of sp³-hybridized carbons (Fsp3) is 0.200. The summed E-state index contributed by atoms with van der Waals surface area (Å²) in [7, 11) is 0. The van der Waals surface area contributed by atoms with Crippen molar-refractivity contribution in [3.63, 3.8) is 0 Å². The summed E-state index contributed by atoms with van der Waals surface area (Å²) < 4.78 is 0. The van der Waals surface area contributed by atoms with Crippen molar-refractivity contribution in [1.82, 2.24) is 5.32 Å². The maximum Gasteiger partial charge on any atom is 0.224 e. The Balaban J connectivity index is 1.53. The third kappa shape index (κ3) is 4.64. The van der Waals surface area contributed by atoms with Crippen molar-refractivity contribution < 1.29 is 4.79 Å². The number of nitriles is 1. The van der Waals surface area contributed by atoms with E-state index in [-0.39, 0.29) is 11.9 Å². The smallest absolute Gasteiger partial charge is 0.224 e. The Morgan fingerprint density at radius 3 is 2.38 bits per heavy atom. The van der Waals surface area contributed by atoms with E-state index in [9.17, 15) is 10.1 Å². The second-order valence-corrected chi connectivity index (χ2v) is 7.45. The number of rotatable bonds is 5. The lowest BCUT2D eigenvalue weighted by Gasteiger charge is -2.36. The maximum absolute atomic E-state index is 12.6. The molecule has 0 saturated heterocycles. The minimum atomic E-state index is 0.0105. The number of carbonyl (C=O) groups is 1. The van der Waals surface area contributed by atoms with Gasteiger partial charge in [0, 0.05) is 18.8 Å². The molecule has 1 atom stereocenters. The highest BCUT2D eigenvalue weighted by atomic mass is 16.1. The van der Waals surface area contributed by atoms with Crippen LogP contribution in [-0.2, 0) is 24.2 Å². The average molecular weight is 381 g/mol. The van der Waals surface area contributed by atoms with Crippen LogP contribution in [0.25, 0.3) is 0 Å². The molecule has 0 bridgehead atoms. The quantitative estimate of drug-likeness (QED) is 0.730. The third-order valence-corrected chi connectivity index (χ3v) is 5.25. The molecule has 1 heterocycles. The zero-order valence-electron chi connectivity index (χ0n) is 16.2. The van der Waals surface area contributed by atoms with Crippen LogP contribution >= 0.6 is 0 Å². The standard InChI is InChI=1S/C25H23N3O/c26-16-21-11-12-24-22(13-21)15-23(18-28(24)17-20-9-5-2-6-10-20)27-25(29)14-19-7-3-1-4-8-19/h1-13,23H,14-15,17-18H2,(H,27,29). The molecule has 1 unspecified atom stereocenters. The molecule has 0 radical (unpaired) electrons. The molecular weight excluding hydrogens is 358 g/mol. The van der Waals surface area contributed by atoms with Gasteiger partial charge in [0.25, 0.3) is 0 Å². The van der Waals surface area contributed by atoms with Gasteiger partial charge in [-0.2, -0.15) is 5.26 Å². The van der Waals surface area contributed by atoms with Crippen LogP contribution in [0.3, 0.4) is 0 Å². The van der Waals surface area contributed by atoms with Crippen molar-refractivity contribution in [2.45, 2.75) is 25.4 Å². The molecule has 29 heavy (non-hydrogen) atoms. The molecule has 4 heteroatoms. The molecule has 0 aromatic heterocycles. The van der Waals surface area contributed by atoms with Crippen molar-refractivity contribution in [3.8, 4) is 6.07 Å². The van der Waals surface area contributed by atoms with E-state index in [4.69, 9.17) is 0 Å². The van der Waals surface area contributed by atoms with Crippen molar-refractivity contribution >= 4 is 11.6 Å². The number of nitrogens with one attached hydrogen (secondary N) is 1. The first-order chi connectivity index (χ1) is 14.2. The van der Waals surface area contributed by atoms with Gasteiger partial charge in [-0.3, -0.25) is 4.79 Å². The number of hydrogen-bond acceptors (Lipinski definition) is 3. The lowest BCUT2D eigenvalue weighted by Crippen LogP contribution is -2.48. The van der Waals surface area contributed by atoms with E-state index in [0.717, 1.165) is 36.3 Å². The Bertz CT molecular complexity index is 1020. The molecule has 4 nitrogen and oxygen atoms in total. The van der Waals surface area contributed by atoms with Crippen LogP contribution in [0.15, 0.2) is 78.9 Å². The molecule has 3 aromatic carbocycles. The van der Waals surface area contributed by atoms with Gasteiger partial charge in [0.2, 0.25) is 5.91 Å². The first-order valence-corrected chi connectivity index (χ1v) is 9.86. The number of hydrogen-bond donors (Lipinski definition) is 1. The Hall–Kier alpha value is -3.58. The SMILES string of the molecule is N#Cc1ccc2c(c1)CC(NC(=O)Cc1ccccc1)CN2Cc1ccccc1. The minimum absolute atomic E-state index is 0.0105. The average Bonchev–Trinajstić information content (AvgIpc) is 2.74. The van der Waals surface area contributed by atoms with Crippen molar-refractivity contribution in [2.24, 2.45) is 0 Å². The summed E-state index contributed by atoms with van der Waals surface area (Å²) in [6.45, 7) is 1.51. The number of fused-ring (bicyclic) bond motifs is 1. The minimum Gasteiger partial charge on any atom is -0.365 e. The van der Waals surface area contributed by atoms with Crippen molar-refractivity contribution in [2.75, 3.05) is 11.4 Å². The van der Waals surface area contributed by atoms with Crippen LogP contribution in [0.5, 0.6) is 0 Å². The summed E-state index contributed by atoms with van der Waals surface area (Å²) in [6.07, 6.45) is 1.11. The highest BCUT2D eigenvalue weighted by Gasteiger charge is 2.26. The second-order valence-electron chi connectivity index (χ2n) is 7.45. The molecule has 0 spiro atoms. The van der Waals surface area contributed by atoms with E-state index in [2.05, 4.69) is 28.4 Å². The Kier molecular flexibility index (Phi) is 5.58. The van der Waals surface area contributed by atoms with Gasteiger partial charge in [-0.25, -0.2) is 0 Å². The second kappa shape index (κ2) is 8.62. The number of nitrogens with zero attached hydrogens (tertiary/aromatic N) is 2. The molecule has 1 aliphatic rings. The number of benzene rings is 3. The summed E-state index contributed by atoms with van der Waals surface area (Å²) in [5.41, 5.74) is 5.13. The topological polar surface area (TPSA) is 56.1 Å². The number of carbonyl (C=O) groups excluding carboxylic acids is 1. The third-order valence-electron chi connectivity index (χ3n) is 5.25. The molecule has 3 aromatic rings. The fourth-order valence-electron chi connectivity index (χ4n) is 3.93. The number of amides is 1. The van der Waals surface area contributed by atoms with Crippen LogP contribution in [0.4, 0.5) is 5.69 Å². The summed E-state index contributed by atoms with van der Waals surface area (Å²) in [5, 5.41) is 12.5. The van der Waals surface area contributed by atoms with Crippen LogP contribution in [0.1, 0.15) is 22.3 Å². The Morgan fingerprint density at radius 2 is 1.69 bits per heavy atom. The van der Waals surface area contributed by atoms with Crippen molar-refractivity contribution in [3.05, 3.63) is 101 Å². The van der Waals surface area contributed by atoms with E-state index < -0.39 is 0 Å². The molecule has 1 aliphatic heterocycles. The van der Waals surface area contributed by atoms with Gasteiger partial charge < -0.3 is 10.2 Å². The summed E-state index contributed by atoms with van der Waals surface area (Å²) in [6, 6.07) is 28.2. The highest BCUT2D eigenvalue weighted by Crippen LogP contribution is 2.29. The summed E-state index contributed by atoms with van der Waals surface area (Å²) in [4.78, 5) is 14.9. The molecule has 144 valence electrons. The lowest BCUT2D eigenvalue weighted by atomic mass is 9.95. The van der Waals surface area contributed by atoms with Crippen LogP contribution < -0.4 is 10.2 Å². The molecular formula is C25H23N3O. The maximum atomic E-state index is 12.6. The molecule has 0 aliphatic carbocycles. The van der Waals surface area contributed by atoms with Crippen LogP contribution in [-0.4, -0.2) is 18.5 Å². The van der Waals surface area contributed by atoms with E-state index in [1.807, 2.05) is 66.7 Å². The summed E-state index contributed by atoms with van der Waals surface area (Å²) in [5.74, 6) is 0.0285. The zero-order valence-corrected chi connectivity index (χ0v) is 16.2. The van der Waals surface area contributed by atoms with E-state index >= 15 is 0 Å². The van der Waals surface area contributed by atoms with Gasteiger partial charge in [-0.15, -0.1) is 0 Å². The van der Waals surface area contributed by atoms with E-state index in [1.54, 1.807) is 0 Å². The normalized spacial score (nSPS) is 15.3.